The Balaban J connectivity index is 1.23. The van der Waals surface area contributed by atoms with Crippen molar-refractivity contribution in [3.05, 3.63) is 50.1 Å². The minimum atomic E-state index is -0.758. The van der Waals surface area contributed by atoms with Crippen LogP contribution in [0.25, 0.3) is 11.3 Å². The lowest BCUT2D eigenvalue weighted by Crippen LogP contribution is -2.58. The Bertz CT molecular complexity index is 1450. The highest BCUT2D eigenvalue weighted by atomic mass is 35.5. The number of piperazine rings is 1. The lowest BCUT2D eigenvalue weighted by Gasteiger charge is -2.47. The molecule has 0 saturated carbocycles. The number of nitrogens with zero attached hydrogens (tertiary/aromatic N) is 5. The Morgan fingerprint density at radius 3 is 2.55 bits per heavy atom. The summed E-state index contributed by atoms with van der Waals surface area (Å²) in [5.41, 5.74) is 12.7. The molecule has 3 aromatic rings. The summed E-state index contributed by atoms with van der Waals surface area (Å²) in [6.45, 7) is 6.98. The first-order chi connectivity index (χ1) is 19.1. The number of carbonyl (C=O) groups excluding carboxylic acids is 1. The van der Waals surface area contributed by atoms with E-state index < -0.39 is 11.6 Å². The van der Waals surface area contributed by atoms with E-state index in [1.807, 2.05) is 12.1 Å². The summed E-state index contributed by atoms with van der Waals surface area (Å²) in [7, 11) is 0. The van der Waals surface area contributed by atoms with Gasteiger partial charge in [-0.1, -0.05) is 36.2 Å². The molecule has 0 aliphatic carbocycles. The molecule has 0 unspecified atom stereocenters. The van der Waals surface area contributed by atoms with Crippen molar-refractivity contribution < 1.29 is 9.90 Å². The van der Waals surface area contributed by atoms with Crippen LogP contribution in [0.3, 0.4) is 0 Å². The Kier molecular flexibility index (Phi) is 8.22. The summed E-state index contributed by atoms with van der Waals surface area (Å²) < 4.78 is 0. The van der Waals surface area contributed by atoms with Gasteiger partial charge in [-0.15, -0.1) is 0 Å². The summed E-state index contributed by atoms with van der Waals surface area (Å²) in [5.74, 6) is -0.496. The molecule has 2 aliphatic rings. The van der Waals surface area contributed by atoms with E-state index in [0.29, 0.717) is 47.3 Å². The number of carbonyl (C=O) groups is 1. The maximum Gasteiger partial charge on any atom is 0.326 e. The van der Waals surface area contributed by atoms with Crippen LogP contribution in [0.5, 0.6) is 5.88 Å². The lowest BCUT2D eigenvalue weighted by atomic mass is 9.97. The first kappa shape index (κ1) is 28.2. The highest BCUT2D eigenvalue weighted by Crippen LogP contribution is 2.33. The van der Waals surface area contributed by atoms with Crippen molar-refractivity contribution in [2.24, 2.45) is 5.73 Å². The zero-order valence-electron chi connectivity index (χ0n) is 22.2. The third-order valence-electron chi connectivity index (χ3n) is 7.86. The van der Waals surface area contributed by atoms with E-state index in [2.05, 4.69) is 41.6 Å². The number of nitrogens with one attached hydrogen (secondary N) is 2. The summed E-state index contributed by atoms with van der Waals surface area (Å²) in [4.78, 5) is 43.8. The van der Waals surface area contributed by atoms with Crippen molar-refractivity contribution in [1.82, 2.24) is 29.7 Å². The van der Waals surface area contributed by atoms with Crippen LogP contribution in [-0.2, 0) is 6.54 Å². The molecule has 2 fully saturated rings. The minimum absolute atomic E-state index is 0.0170. The number of likely N-dealkylation sites (tertiary alicyclic amines) is 1. The number of hydrogen-bond acceptors (Lipinski definition) is 9. The third kappa shape index (κ3) is 5.75. The molecule has 1 amide bonds. The van der Waals surface area contributed by atoms with Gasteiger partial charge in [-0.05, 0) is 50.0 Å². The predicted octanol–water partition coefficient (Wildman–Crippen LogP) is 2.42. The Hall–Kier alpha value is -3.32. The van der Waals surface area contributed by atoms with E-state index in [4.69, 9.17) is 34.7 Å². The van der Waals surface area contributed by atoms with Gasteiger partial charge in [0, 0.05) is 48.8 Å². The van der Waals surface area contributed by atoms with Crippen molar-refractivity contribution in [2.45, 2.75) is 44.8 Å². The second-order valence-electron chi connectivity index (χ2n) is 10.3. The van der Waals surface area contributed by atoms with Crippen molar-refractivity contribution in [3.63, 3.8) is 0 Å². The molecule has 4 heterocycles. The molecule has 1 atom stereocenters. The van der Waals surface area contributed by atoms with Crippen LogP contribution in [0.15, 0.2) is 23.0 Å². The molecule has 1 aromatic carbocycles. The van der Waals surface area contributed by atoms with Gasteiger partial charge in [0.25, 0.3) is 5.91 Å². The number of aromatic amines is 2. The number of nitrogen functional groups attached to an aromatic ring is 1. The first-order valence-corrected chi connectivity index (χ1v) is 14.1. The van der Waals surface area contributed by atoms with Crippen molar-refractivity contribution in [2.75, 3.05) is 43.4 Å². The van der Waals surface area contributed by atoms with E-state index >= 15 is 0 Å². The van der Waals surface area contributed by atoms with Gasteiger partial charge in [-0.25, -0.2) is 14.8 Å². The molecule has 2 aliphatic heterocycles. The van der Waals surface area contributed by atoms with Gasteiger partial charge in [0.2, 0.25) is 5.88 Å². The number of aromatic nitrogens is 4. The topological polar surface area (TPSA) is 173 Å². The molecule has 40 heavy (non-hydrogen) atoms. The average Bonchev–Trinajstić information content (AvgIpc) is 3.28. The zero-order valence-corrected chi connectivity index (χ0v) is 23.7. The number of amides is 1. The molecular weight excluding hydrogens is 557 g/mol. The van der Waals surface area contributed by atoms with E-state index in [-0.39, 0.29) is 22.5 Å². The highest BCUT2D eigenvalue weighted by Gasteiger charge is 2.34. The number of halogens is 2. The first-order valence-electron chi connectivity index (χ1n) is 13.3. The van der Waals surface area contributed by atoms with Crippen molar-refractivity contribution >= 4 is 40.7 Å². The quantitative estimate of drug-likeness (QED) is 0.277. The van der Waals surface area contributed by atoms with Crippen LogP contribution in [0.1, 0.15) is 42.2 Å². The van der Waals surface area contributed by atoms with Crippen LogP contribution in [0.4, 0.5) is 11.6 Å². The average molecular weight is 591 g/mol. The molecule has 0 spiro atoms. The summed E-state index contributed by atoms with van der Waals surface area (Å²) in [5, 5.41) is 10.8. The van der Waals surface area contributed by atoms with Gasteiger partial charge in [-0.2, -0.15) is 0 Å². The second-order valence-corrected chi connectivity index (χ2v) is 11.1. The number of hydrogen-bond donors (Lipinski definition) is 5. The molecule has 0 radical (unpaired) electrons. The third-order valence-corrected chi connectivity index (χ3v) is 8.35. The SMILES string of the molecule is CC[C@H]1CN(c2nc(N)c(C(N)=O)nc2Cl)CCN1C1CCN(Cc2ccc(Cl)cc2-c2[nH]c(=O)[nH]c2O)CC1. The molecular formula is C26H33Cl2N9O3. The largest absolute Gasteiger partial charge is 0.493 e. The fourth-order valence-corrected chi connectivity index (χ4v) is 6.26. The lowest BCUT2D eigenvalue weighted by molar-refractivity contribution is 0.0611. The van der Waals surface area contributed by atoms with Crippen LogP contribution >= 0.6 is 23.2 Å². The number of piperidine rings is 1. The van der Waals surface area contributed by atoms with Gasteiger partial charge in [0.15, 0.2) is 22.5 Å². The molecule has 214 valence electrons. The molecule has 0 bridgehead atoms. The zero-order chi connectivity index (χ0) is 28.6. The number of primary amides is 1. The summed E-state index contributed by atoms with van der Waals surface area (Å²) >= 11 is 12.6. The number of anilines is 2. The maximum absolute atomic E-state index is 11.7. The van der Waals surface area contributed by atoms with E-state index in [9.17, 15) is 14.7 Å². The highest BCUT2D eigenvalue weighted by molar-refractivity contribution is 6.32. The monoisotopic (exact) mass is 589 g/mol. The molecule has 2 aromatic heterocycles. The standard InChI is InChI=1S/C26H33Cl2N9O3/c1-2-16-13-36(24-21(28)31-20(23(30)38)22(29)33-24)9-10-37(16)17-5-7-35(8-6-17)12-14-3-4-15(27)11-18(14)19-25(39)34-26(40)32-19/h3-4,11,16-17,39H,2,5-10,12-13H2,1H3,(H2,29,33)(H2,30,38)(H2,32,34,40)/t16-/m0/s1. The van der Waals surface area contributed by atoms with Gasteiger partial charge in [-0.3, -0.25) is 19.6 Å². The molecule has 12 nitrogen and oxygen atoms in total. The number of rotatable bonds is 7. The Morgan fingerprint density at radius 1 is 1.15 bits per heavy atom. The van der Waals surface area contributed by atoms with E-state index in [1.54, 1.807) is 6.07 Å². The van der Waals surface area contributed by atoms with Gasteiger partial charge in [0.1, 0.15) is 5.69 Å². The van der Waals surface area contributed by atoms with Crippen LogP contribution in [0.2, 0.25) is 10.2 Å². The van der Waals surface area contributed by atoms with Crippen LogP contribution < -0.4 is 22.1 Å². The smallest absolute Gasteiger partial charge is 0.326 e. The van der Waals surface area contributed by atoms with E-state index in [0.717, 1.165) is 51.0 Å². The molecule has 14 heteroatoms. The Morgan fingerprint density at radius 2 is 1.90 bits per heavy atom. The van der Waals surface area contributed by atoms with E-state index in [1.165, 1.54) is 0 Å². The molecule has 7 N–H and O–H groups in total. The van der Waals surface area contributed by atoms with Crippen LogP contribution in [0, 0.1) is 0 Å². The van der Waals surface area contributed by atoms with Crippen molar-refractivity contribution in [1.29, 1.82) is 0 Å². The summed E-state index contributed by atoms with van der Waals surface area (Å²) in [6, 6.07) is 6.28. The van der Waals surface area contributed by atoms with Gasteiger partial charge >= 0.3 is 5.69 Å². The predicted molar refractivity (Wildman–Crippen MR) is 155 cm³/mol. The van der Waals surface area contributed by atoms with Gasteiger partial charge in [0.05, 0.1) is 0 Å². The fourth-order valence-electron chi connectivity index (χ4n) is 5.85. The molecule has 2 saturated heterocycles. The number of nitrogens with two attached hydrogens (primary N) is 2. The van der Waals surface area contributed by atoms with Crippen molar-refractivity contribution in [3.8, 4) is 17.1 Å². The normalized spacial score (nSPS) is 19.3. The Labute approximate surface area is 241 Å². The van der Waals surface area contributed by atoms with Gasteiger partial charge < -0.3 is 26.5 Å². The summed E-state index contributed by atoms with van der Waals surface area (Å²) in [6.07, 6.45) is 3.00. The minimum Gasteiger partial charge on any atom is -0.493 e. The maximum atomic E-state index is 11.7. The number of imidazole rings is 1. The molecule has 5 rings (SSSR count). The van der Waals surface area contributed by atoms with Crippen LogP contribution in [-0.4, -0.2) is 85.6 Å². The fraction of sp³-hybridized carbons (Fsp3) is 0.462. The second kappa shape index (κ2) is 11.7. The number of aromatic hydroxyl groups is 1. The number of benzene rings is 1. The number of H-pyrrole nitrogens is 2.